The van der Waals surface area contributed by atoms with Crippen molar-refractivity contribution in [1.82, 2.24) is 4.31 Å². The summed E-state index contributed by atoms with van der Waals surface area (Å²) < 4.78 is 31.9. The van der Waals surface area contributed by atoms with Crippen LogP contribution in [0.1, 0.15) is 31.7 Å². The van der Waals surface area contributed by atoms with Crippen molar-refractivity contribution in [1.29, 1.82) is 0 Å². The fourth-order valence-electron chi connectivity index (χ4n) is 2.77. The molecule has 27 heavy (non-hydrogen) atoms. The SMILES string of the molecule is CCOC(=O)CSCC(=O)Nc1cc(S(=O)(=O)N2CCCCC2)ccc1C. The van der Waals surface area contributed by atoms with Gasteiger partial charge in [-0.25, -0.2) is 8.42 Å². The summed E-state index contributed by atoms with van der Waals surface area (Å²) in [5.74, 6) is -0.466. The van der Waals surface area contributed by atoms with Crippen molar-refractivity contribution >= 4 is 39.3 Å². The number of benzene rings is 1. The van der Waals surface area contributed by atoms with Crippen LogP contribution in [-0.2, 0) is 24.3 Å². The molecule has 0 bridgehead atoms. The summed E-state index contributed by atoms with van der Waals surface area (Å²) in [5.41, 5.74) is 1.24. The first-order chi connectivity index (χ1) is 12.8. The van der Waals surface area contributed by atoms with Crippen LogP contribution in [0.3, 0.4) is 0 Å². The lowest BCUT2D eigenvalue weighted by atomic mass is 10.2. The highest BCUT2D eigenvalue weighted by atomic mass is 32.2. The Labute approximate surface area is 164 Å². The summed E-state index contributed by atoms with van der Waals surface area (Å²) >= 11 is 1.15. The van der Waals surface area contributed by atoms with Gasteiger partial charge in [-0.15, -0.1) is 11.8 Å². The molecular weight excluding hydrogens is 388 g/mol. The number of nitrogens with one attached hydrogen (secondary N) is 1. The number of ether oxygens (including phenoxy) is 1. The predicted octanol–water partition coefficient (Wildman–Crippen LogP) is 2.40. The maximum Gasteiger partial charge on any atom is 0.315 e. The van der Waals surface area contributed by atoms with Gasteiger partial charge in [0.25, 0.3) is 0 Å². The van der Waals surface area contributed by atoms with Gasteiger partial charge in [0.1, 0.15) is 0 Å². The Kier molecular flexibility index (Phi) is 8.12. The Morgan fingerprint density at radius 2 is 1.89 bits per heavy atom. The van der Waals surface area contributed by atoms with Crippen LogP contribution in [0.5, 0.6) is 0 Å². The van der Waals surface area contributed by atoms with E-state index in [9.17, 15) is 18.0 Å². The molecule has 1 fully saturated rings. The molecule has 150 valence electrons. The first-order valence-corrected chi connectivity index (χ1v) is 11.6. The molecule has 9 heteroatoms. The number of thioether (sulfide) groups is 1. The third-order valence-electron chi connectivity index (χ3n) is 4.19. The Morgan fingerprint density at radius 1 is 1.19 bits per heavy atom. The highest BCUT2D eigenvalue weighted by Gasteiger charge is 2.26. The van der Waals surface area contributed by atoms with E-state index >= 15 is 0 Å². The van der Waals surface area contributed by atoms with Crippen molar-refractivity contribution in [3.8, 4) is 0 Å². The number of sulfonamides is 1. The third-order valence-corrected chi connectivity index (χ3v) is 7.00. The molecule has 7 nitrogen and oxygen atoms in total. The highest BCUT2D eigenvalue weighted by Crippen LogP contribution is 2.25. The van der Waals surface area contributed by atoms with E-state index in [1.807, 2.05) is 0 Å². The highest BCUT2D eigenvalue weighted by molar-refractivity contribution is 8.00. The number of aryl methyl sites for hydroxylation is 1. The molecule has 1 saturated heterocycles. The number of nitrogens with zero attached hydrogens (tertiary/aromatic N) is 1. The number of esters is 1. The van der Waals surface area contributed by atoms with Crippen molar-refractivity contribution < 1.29 is 22.7 Å². The van der Waals surface area contributed by atoms with Gasteiger partial charge in [-0.2, -0.15) is 4.31 Å². The first-order valence-electron chi connectivity index (χ1n) is 8.98. The van der Waals surface area contributed by atoms with Gasteiger partial charge < -0.3 is 10.1 Å². The Morgan fingerprint density at radius 3 is 2.56 bits per heavy atom. The molecule has 1 aromatic rings. The van der Waals surface area contributed by atoms with E-state index in [0.29, 0.717) is 25.4 Å². The zero-order valence-corrected chi connectivity index (χ0v) is 17.3. The van der Waals surface area contributed by atoms with E-state index in [1.165, 1.54) is 10.4 Å². The van der Waals surface area contributed by atoms with Crippen LogP contribution in [-0.4, -0.2) is 55.8 Å². The average Bonchev–Trinajstić information content (AvgIpc) is 2.64. The van der Waals surface area contributed by atoms with Crippen LogP contribution in [0.25, 0.3) is 0 Å². The number of amides is 1. The molecule has 0 saturated carbocycles. The smallest absolute Gasteiger partial charge is 0.315 e. The lowest BCUT2D eigenvalue weighted by molar-refractivity contribution is -0.139. The number of anilines is 1. The predicted molar refractivity (Wildman–Crippen MR) is 106 cm³/mol. The minimum Gasteiger partial charge on any atom is -0.465 e. The van der Waals surface area contributed by atoms with Gasteiger partial charge in [-0.1, -0.05) is 12.5 Å². The molecular formula is C18H26N2O5S2. The maximum atomic E-state index is 12.8. The van der Waals surface area contributed by atoms with E-state index in [-0.39, 0.29) is 28.3 Å². The second-order valence-corrected chi connectivity index (χ2v) is 9.21. The molecule has 2 rings (SSSR count). The van der Waals surface area contributed by atoms with Crippen molar-refractivity contribution in [3.63, 3.8) is 0 Å². The molecule has 0 aromatic heterocycles. The summed E-state index contributed by atoms with van der Waals surface area (Å²) in [4.78, 5) is 23.6. The lowest BCUT2D eigenvalue weighted by Gasteiger charge is -2.26. The van der Waals surface area contributed by atoms with Crippen LogP contribution < -0.4 is 5.32 Å². The molecule has 1 N–H and O–H groups in total. The molecule has 1 heterocycles. The molecule has 0 unspecified atom stereocenters. The lowest BCUT2D eigenvalue weighted by Crippen LogP contribution is -2.35. The van der Waals surface area contributed by atoms with Gasteiger partial charge in [0, 0.05) is 18.8 Å². The minimum atomic E-state index is -3.56. The standard InChI is InChI=1S/C18H26N2O5S2/c1-3-25-18(22)13-26-12-17(21)19-16-11-15(8-7-14(16)2)27(23,24)20-9-5-4-6-10-20/h7-8,11H,3-6,9-10,12-13H2,1-2H3,(H,19,21). The molecule has 0 aliphatic carbocycles. The van der Waals surface area contributed by atoms with Crippen molar-refractivity contribution in [2.45, 2.75) is 38.0 Å². The van der Waals surface area contributed by atoms with Gasteiger partial charge in [0.15, 0.2) is 0 Å². The molecule has 1 aromatic carbocycles. The Bertz CT molecular complexity index is 774. The van der Waals surface area contributed by atoms with Gasteiger partial charge in [0.2, 0.25) is 15.9 Å². The zero-order valence-electron chi connectivity index (χ0n) is 15.7. The van der Waals surface area contributed by atoms with Crippen molar-refractivity contribution in [3.05, 3.63) is 23.8 Å². The number of hydrogen-bond acceptors (Lipinski definition) is 6. The number of carbonyl (C=O) groups excluding carboxylic acids is 2. The second-order valence-electron chi connectivity index (χ2n) is 6.29. The summed E-state index contributed by atoms with van der Waals surface area (Å²) in [6, 6.07) is 4.77. The van der Waals surface area contributed by atoms with Gasteiger partial charge >= 0.3 is 5.97 Å². The maximum absolute atomic E-state index is 12.8. The topological polar surface area (TPSA) is 92.8 Å². The van der Waals surface area contributed by atoms with Crippen LogP contribution in [0.2, 0.25) is 0 Å². The van der Waals surface area contributed by atoms with E-state index in [1.54, 1.807) is 26.0 Å². The fraction of sp³-hybridized carbons (Fsp3) is 0.556. The largest absolute Gasteiger partial charge is 0.465 e. The Hall–Kier alpha value is -1.58. The second kappa shape index (κ2) is 10.1. The third kappa shape index (κ3) is 6.22. The van der Waals surface area contributed by atoms with Crippen molar-refractivity contribution in [2.24, 2.45) is 0 Å². The summed E-state index contributed by atoms with van der Waals surface area (Å²) in [6.07, 6.45) is 2.78. The summed E-state index contributed by atoms with van der Waals surface area (Å²) in [7, 11) is -3.56. The van der Waals surface area contributed by atoms with E-state index in [2.05, 4.69) is 5.32 Å². The number of hydrogen-bond donors (Lipinski definition) is 1. The normalized spacial score (nSPS) is 15.3. The van der Waals surface area contributed by atoms with E-state index < -0.39 is 10.0 Å². The summed E-state index contributed by atoms with van der Waals surface area (Å²) in [5, 5.41) is 2.74. The average molecular weight is 415 g/mol. The number of rotatable bonds is 8. The first kappa shape index (κ1) is 21.7. The molecule has 0 radical (unpaired) electrons. The number of carbonyl (C=O) groups is 2. The van der Waals surface area contributed by atoms with Crippen molar-refractivity contribution in [2.75, 3.05) is 36.5 Å². The van der Waals surface area contributed by atoms with Gasteiger partial charge in [-0.3, -0.25) is 9.59 Å². The minimum absolute atomic E-state index is 0.0847. The molecule has 0 spiro atoms. The molecule has 0 atom stereocenters. The van der Waals surface area contributed by atoms with Crippen LogP contribution in [0.15, 0.2) is 23.1 Å². The van der Waals surface area contributed by atoms with Gasteiger partial charge in [0.05, 0.1) is 23.0 Å². The number of piperidine rings is 1. The van der Waals surface area contributed by atoms with Crippen LogP contribution in [0.4, 0.5) is 5.69 Å². The molecule has 1 aliphatic heterocycles. The Balaban J connectivity index is 2.02. The fourth-order valence-corrected chi connectivity index (χ4v) is 4.92. The molecule has 1 aliphatic rings. The quantitative estimate of drug-likeness (QED) is 0.657. The van der Waals surface area contributed by atoms with E-state index in [0.717, 1.165) is 36.6 Å². The monoisotopic (exact) mass is 414 g/mol. The van der Waals surface area contributed by atoms with E-state index in [4.69, 9.17) is 4.74 Å². The zero-order chi connectivity index (χ0) is 19.9. The van der Waals surface area contributed by atoms with Crippen LogP contribution in [0, 0.1) is 6.92 Å². The summed E-state index contributed by atoms with van der Waals surface area (Å²) in [6.45, 7) is 4.90. The molecule has 1 amide bonds. The van der Waals surface area contributed by atoms with Crippen LogP contribution >= 0.6 is 11.8 Å². The van der Waals surface area contributed by atoms with Gasteiger partial charge in [-0.05, 0) is 44.4 Å².